The summed E-state index contributed by atoms with van der Waals surface area (Å²) in [5.74, 6) is 0.997. The number of carbonyl (C=O) groups excluding carboxylic acids is 1. The number of aromatic nitrogens is 3. The molecule has 0 saturated carbocycles. The third-order valence-electron chi connectivity index (χ3n) is 5.60. The molecule has 2 aliphatic heterocycles. The van der Waals surface area contributed by atoms with Gasteiger partial charge in [0, 0.05) is 23.7 Å². The second-order valence-corrected chi connectivity index (χ2v) is 7.13. The summed E-state index contributed by atoms with van der Waals surface area (Å²) in [5.41, 5.74) is 7.09. The third kappa shape index (κ3) is 2.52. The molecule has 0 aliphatic carbocycles. The number of methoxy groups -OCH3 is 2. The Labute approximate surface area is 173 Å². The molecule has 0 bridgehead atoms. The minimum atomic E-state index is -0.856. The number of carbonyl (C=O) groups is 1. The highest BCUT2D eigenvalue weighted by molar-refractivity contribution is 5.88. The molecule has 1 fully saturated rings. The number of hydrogen-bond donors (Lipinski definition) is 1. The number of ether oxygens (including phenoxy) is 3. The molecule has 1 unspecified atom stereocenters. The highest BCUT2D eigenvalue weighted by Gasteiger charge is 2.50. The maximum atomic E-state index is 11.8. The van der Waals surface area contributed by atoms with Crippen LogP contribution in [-0.2, 0) is 17.0 Å². The van der Waals surface area contributed by atoms with Gasteiger partial charge in [-0.25, -0.2) is 9.67 Å². The van der Waals surface area contributed by atoms with Crippen LogP contribution in [0.2, 0.25) is 0 Å². The van der Waals surface area contributed by atoms with Crippen LogP contribution < -0.4 is 15.2 Å². The van der Waals surface area contributed by atoms with Crippen LogP contribution in [-0.4, -0.2) is 52.9 Å². The molecule has 2 aromatic carbocycles. The van der Waals surface area contributed by atoms with E-state index in [0.29, 0.717) is 42.7 Å². The fourth-order valence-electron chi connectivity index (χ4n) is 4.31. The lowest BCUT2D eigenvalue weighted by atomic mass is 9.91. The van der Waals surface area contributed by atoms with Gasteiger partial charge in [-0.1, -0.05) is 30.3 Å². The quantitative estimate of drug-likeness (QED) is 0.698. The summed E-state index contributed by atoms with van der Waals surface area (Å²) in [4.78, 5) is 18.3. The first-order valence-corrected chi connectivity index (χ1v) is 9.55. The van der Waals surface area contributed by atoms with Crippen LogP contribution >= 0.6 is 0 Å². The molecule has 1 saturated heterocycles. The molecule has 0 spiro atoms. The van der Waals surface area contributed by atoms with Crippen molar-refractivity contribution in [2.75, 3.05) is 27.4 Å². The Hall–Kier alpha value is -3.43. The van der Waals surface area contributed by atoms with Crippen LogP contribution in [0.5, 0.6) is 11.5 Å². The molecule has 1 atom stereocenters. The predicted octanol–water partition coefficient (Wildman–Crippen LogP) is 1.43. The molecule has 154 valence electrons. The minimum absolute atomic E-state index is 0.0296. The van der Waals surface area contributed by atoms with E-state index in [1.807, 2.05) is 42.5 Å². The average molecular weight is 407 g/mol. The zero-order chi connectivity index (χ0) is 20.9. The number of primary amides is 1. The van der Waals surface area contributed by atoms with Crippen molar-refractivity contribution in [3.63, 3.8) is 0 Å². The van der Waals surface area contributed by atoms with Crippen molar-refractivity contribution < 1.29 is 19.0 Å². The molecule has 2 aliphatic rings. The number of rotatable bonds is 4. The molecular formula is C21H21N5O4. The monoisotopic (exact) mass is 407 g/mol. The second-order valence-electron chi connectivity index (χ2n) is 7.13. The topological polar surface area (TPSA) is 105 Å². The molecule has 3 heterocycles. The fourth-order valence-corrected chi connectivity index (χ4v) is 4.31. The zero-order valence-corrected chi connectivity index (χ0v) is 16.7. The molecule has 1 aromatic heterocycles. The first kappa shape index (κ1) is 18.6. The van der Waals surface area contributed by atoms with E-state index in [9.17, 15) is 4.79 Å². The molecule has 30 heavy (non-hydrogen) atoms. The van der Waals surface area contributed by atoms with Crippen molar-refractivity contribution in [3.8, 4) is 17.2 Å². The Bertz CT molecular complexity index is 1130. The molecule has 9 heteroatoms. The Morgan fingerprint density at radius 2 is 1.90 bits per heavy atom. The summed E-state index contributed by atoms with van der Waals surface area (Å²) in [5, 5.41) is 4.39. The van der Waals surface area contributed by atoms with Crippen molar-refractivity contribution in [1.82, 2.24) is 19.7 Å². The van der Waals surface area contributed by atoms with E-state index < -0.39 is 11.6 Å². The molecule has 0 radical (unpaired) electrons. The van der Waals surface area contributed by atoms with Gasteiger partial charge in [0.1, 0.15) is 5.82 Å². The van der Waals surface area contributed by atoms with Gasteiger partial charge in [0.2, 0.25) is 5.82 Å². The van der Waals surface area contributed by atoms with Crippen LogP contribution in [0.1, 0.15) is 27.6 Å². The highest BCUT2D eigenvalue weighted by Crippen LogP contribution is 2.48. The maximum Gasteiger partial charge on any atom is 0.288 e. The number of nitrogens with zero attached hydrogens (tertiary/aromatic N) is 4. The van der Waals surface area contributed by atoms with Crippen molar-refractivity contribution in [1.29, 1.82) is 0 Å². The summed E-state index contributed by atoms with van der Waals surface area (Å²) >= 11 is 0. The smallest absolute Gasteiger partial charge is 0.288 e. The Balaban J connectivity index is 1.86. The van der Waals surface area contributed by atoms with Gasteiger partial charge in [-0.05, 0) is 6.07 Å². The highest BCUT2D eigenvalue weighted by atomic mass is 16.5. The van der Waals surface area contributed by atoms with E-state index in [4.69, 9.17) is 19.9 Å². The van der Waals surface area contributed by atoms with E-state index in [1.54, 1.807) is 18.9 Å². The van der Waals surface area contributed by atoms with Gasteiger partial charge in [0.05, 0.1) is 33.1 Å². The minimum Gasteiger partial charge on any atom is -0.493 e. The van der Waals surface area contributed by atoms with E-state index in [-0.39, 0.29) is 5.82 Å². The summed E-state index contributed by atoms with van der Waals surface area (Å²) in [7, 11) is 3.17. The van der Waals surface area contributed by atoms with E-state index in [2.05, 4.69) is 15.0 Å². The van der Waals surface area contributed by atoms with Gasteiger partial charge in [-0.15, -0.1) is 5.10 Å². The summed E-state index contributed by atoms with van der Waals surface area (Å²) in [6, 6.07) is 13.7. The number of nitrogens with two attached hydrogens (primary N) is 1. The van der Waals surface area contributed by atoms with Crippen LogP contribution in [0.4, 0.5) is 0 Å². The number of amides is 1. The second kappa shape index (κ2) is 6.82. The van der Waals surface area contributed by atoms with Crippen LogP contribution in [0.15, 0.2) is 42.5 Å². The van der Waals surface area contributed by atoms with Crippen LogP contribution in [0.3, 0.4) is 0 Å². The zero-order valence-electron chi connectivity index (χ0n) is 16.7. The molecule has 1 amide bonds. The molecular weight excluding hydrogens is 386 g/mol. The van der Waals surface area contributed by atoms with Crippen molar-refractivity contribution in [2.45, 2.75) is 12.3 Å². The Morgan fingerprint density at radius 3 is 2.60 bits per heavy atom. The van der Waals surface area contributed by atoms with Crippen LogP contribution in [0.25, 0.3) is 5.69 Å². The van der Waals surface area contributed by atoms with Crippen molar-refractivity contribution in [3.05, 3.63) is 65.2 Å². The van der Waals surface area contributed by atoms with Gasteiger partial charge in [-0.2, -0.15) is 0 Å². The lowest BCUT2D eigenvalue weighted by molar-refractivity contribution is -0.0552. The fraction of sp³-hybridized carbons (Fsp3) is 0.286. The maximum absolute atomic E-state index is 11.8. The summed E-state index contributed by atoms with van der Waals surface area (Å²) < 4.78 is 19.2. The normalized spacial score (nSPS) is 20.1. The summed E-state index contributed by atoms with van der Waals surface area (Å²) in [6.07, 6.45) is 0. The van der Waals surface area contributed by atoms with E-state index in [1.165, 1.54) is 0 Å². The van der Waals surface area contributed by atoms with Gasteiger partial charge < -0.3 is 19.9 Å². The predicted molar refractivity (Wildman–Crippen MR) is 107 cm³/mol. The Morgan fingerprint density at radius 1 is 1.17 bits per heavy atom. The first-order valence-electron chi connectivity index (χ1n) is 9.55. The number of hydrogen-bond acceptors (Lipinski definition) is 7. The Kier molecular flexibility index (Phi) is 4.23. The lowest BCUT2D eigenvalue weighted by Gasteiger charge is -2.37. The summed E-state index contributed by atoms with van der Waals surface area (Å²) in [6.45, 7) is 1.65. The largest absolute Gasteiger partial charge is 0.493 e. The van der Waals surface area contributed by atoms with E-state index >= 15 is 0 Å². The lowest BCUT2D eigenvalue weighted by Crippen LogP contribution is -2.42. The first-order chi connectivity index (χ1) is 14.6. The molecule has 9 nitrogen and oxygen atoms in total. The van der Waals surface area contributed by atoms with Gasteiger partial charge in [0.25, 0.3) is 5.91 Å². The standard InChI is InChI=1S/C21H21N5O4/c1-28-16-10-14-15(11-17(16)29-2)26-18(23-20(24-26)19(22)27)12-25-8-9-30-21(14,25)13-6-4-3-5-7-13/h3-7,10-11H,8-9,12H2,1-2H3,(H2,22,27). The number of fused-ring (bicyclic) bond motifs is 5. The van der Waals surface area contributed by atoms with Crippen LogP contribution in [0, 0.1) is 0 Å². The van der Waals surface area contributed by atoms with Crippen molar-refractivity contribution >= 4 is 5.91 Å². The SMILES string of the molecule is COc1cc2c(cc1OC)C1(c3ccccc3)OCCN1Cc1nc(C(N)=O)nn1-2. The van der Waals surface area contributed by atoms with E-state index in [0.717, 1.165) is 11.1 Å². The average Bonchev–Trinajstić information content (AvgIpc) is 3.37. The number of benzene rings is 2. The van der Waals surface area contributed by atoms with Gasteiger partial charge in [0.15, 0.2) is 17.2 Å². The molecule has 5 rings (SSSR count). The molecule has 2 N–H and O–H groups in total. The third-order valence-corrected chi connectivity index (χ3v) is 5.60. The van der Waals surface area contributed by atoms with Crippen molar-refractivity contribution in [2.24, 2.45) is 5.73 Å². The molecule has 3 aromatic rings. The van der Waals surface area contributed by atoms with Gasteiger partial charge in [-0.3, -0.25) is 9.69 Å². The van der Waals surface area contributed by atoms with Gasteiger partial charge >= 0.3 is 0 Å².